The molecule has 1 saturated carbocycles. The molecule has 3 amide bonds. The van der Waals surface area contributed by atoms with E-state index in [-0.39, 0.29) is 37.1 Å². The summed E-state index contributed by atoms with van der Waals surface area (Å²) in [4.78, 5) is 63.7. The Bertz CT molecular complexity index is 2610. The topological polar surface area (TPSA) is 152 Å². The zero-order valence-corrected chi connectivity index (χ0v) is 37.2. The van der Waals surface area contributed by atoms with Crippen molar-refractivity contribution in [3.63, 3.8) is 0 Å². The van der Waals surface area contributed by atoms with Crippen LogP contribution in [-0.2, 0) is 9.59 Å². The number of hydrogen-bond acceptors (Lipinski definition) is 11. The third kappa shape index (κ3) is 8.63. The molecule has 1 aliphatic carbocycles. The number of piperazine rings is 1. The second-order valence-electron chi connectivity index (χ2n) is 17.7. The molecule has 14 nitrogen and oxygen atoms in total. The minimum atomic E-state index is -2.95. The van der Waals surface area contributed by atoms with Gasteiger partial charge in [-0.3, -0.25) is 29.5 Å². The van der Waals surface area contributed by atoms with Gasteiger partial charge in [0.2, 0.25) is 11.8 Å². The van der Waals surface area contributed by atoms with Crippen molar-refractivity contribution in [2.75, 3.05) is 55.6 Å². The van der Waals surface area contributed by atoms with Crippen LogP contribution in [0, 0.1) is 12.8 Å². The molecule has 2 unspecified atom stereocenters. The van der Waals surface area contributed by atoms with Gasteiger partial charge in [-0.2, -0.15) is 9.98 Å². The standard InChI is InChI=1S/C45H50F2N10O4.C3H8/c1-26-36-23-49-44(52-41(36)56(31-7-5-6-8-31)28(3)40(26)29(4)58)50-38-13-10-33(22-48-38)54-19-17-53(18-20-54)24-30-15-16-55(25-45(30,46)47)32-9-11-34-27(2)57(43(61)35(34)21-32)37-12-14-39(59)51-42(37)60;1-3-2/h9-11,13,21-23,30-31,37,58H,2-3,5-8,12,14-20,24-25H2,1,4H3,(H,51,59,60);3H2,1-2H3/b40-29+,50-44?;. The SMILES string of the molecule is C=C1c2ccc(N3CCC(CN4CCN(c5ccc(N=c6ncc7c(C)/c(=C(/C)O)c(=C)n(C8CCCC8)c-7n6)nc5)CC4)C(F)(F)C3)cc2C(=O)N1C1CCC(=O)NC1=O.CCC. The maximum Gasteiger partial charge on any atom is 0.269 e. The van der Waals surface area contributed by atoms with Gasteiger partial charge in [0.25, 0.3) is 17.4 Å². The van der Waals surface area contributed by atoms with E-state index in [0.29, 0.717) is 73.1 Å². The van der Waals surface area contributed by atoms with Crippen LogP contribution in [0.1, 0.15) is 99.7 Å². The Balaban J connectivity index is 0.00000182. The Hall–Kier alpha value is -6.03. The maximum atomic E-state index is 15.9. The average molecular weight is 877 g/mol. The summed E-state index contributed by atoms with van der Waals surface area (Å²) in [6.45, 7) is 19.1. The highest BCUT2D eigenvalue weighted by molar-refractivity contribution is 6.13. The maximum absolute atomic E-state index is 15.9. The molecule has 338 valence electrons. The number of carbonyl (C=O) groups is 3. The second-order valence-corrected chi connectivity index (χ2v) is 17.7. The van der Waals surface area contributed by atoms with Gasteiger partial charge >= 0.3 is 0 Å². The van der Waals surface area contributed by atoms with Gasteiger partial charge in [-0.15, -0.1) is 0 Å². The molecule has 2 atom stereocenters. The van der Waals surface area contributed by atoms with Gasteiger partial charge in [-0.25, -0.2) is 18.7 Å². The lowest BCUT2D eigenvalue weighted by Crippen LogP contribution is -2.54. The Labute approximate surface area is 372 Å². The van der Waals surface area contributed by atoms with Crippen LogP contribution in [0.4, 0.5) is 26.0 Å². The first kappa shape index (κ1) is 44.6. The molecule has 6 aliphatic heterocycles. The molecule has 0 spiro atoms. The summed E-state index contributed by atoms with van der Waals surface area (Å²) in [6, 6.07) is 8.24. The number of alkyl halides is 2. The molecular formula is C48H58F2N10O4. The summed E-state index contributed by atoms with van der Waals surface area (Å²) in [6.07, 6.45) is 9.70. The summed E-state index contributed by atoms with van der Waals surface area (Å²) in [5, 5.41) is 14.3. The predicted molar refractivity (Wildman–Crippen MR) is 243 cm³/mol. The number of piperidine rings is 2. The fourth-order valence-corrected chi connectivity index (χ4v) is 9.96. The summed E-state index contributed by atoms with van der Waals surface area (Å²) in [5.41, 5.74) is 4.70. The number of nitrogens with zero attached hydrogens (tertiary/aromatic N) is 9. The largest absolute Gasteiger partial charge is 0.512 e. The van der Waals surface area contributed by atoms with Crippen molar-refractivity contribution in [2.45, 2.75) is 97.1 Å². The molecule has 16 heteroatoms. The van der Waals surface area contributed by atoms with Crippen LogP contribution in [0.15, 0.2) is 54.3 Å². The van der Waals surface area contributed by atoms with Gasteiger partial charge in [0.1, 0.15) is 11.9 Å². The van der Waals surface area contributed by atoms with Crippen molar-refractivity contribution in [1.29, 1.82) is 0 Å². The molecule has 7 heterocycles. The number of rotatable bonds is 7. The first-order valence-electron chi connectivity index (χ1n) is 22.6. The average Bonchev–Trinajstić information content (AvgIpc) is 3.88. The number of fused-ring (bicyclic) bond motifs is 2. The van der Waals surface area contributed by atoms with Crippen LogP contribution in [0.2, 0.25) is 0 Å². The minimum Gasteiger partial charge on any atom is -0.512 e. The summed E-state index contributed by atoms with van der Waals surface area (Å²) >= 11 is 0. The number of imide groups is 1. The van der Waals surface area contributed by atoms with Gasteiger partial charge in [0.15, 0.2) is 5.82 Å². The lowest BCUT2D eigenvalue weighted by atomic mass is 9.91. The summed E-state index contributed by atoms with van der Waals surface area (Å²) in [5.74, 6) is -3.67. The number of halogens is 2. The number of pyridine rings is 2. The lowest BCUT2D eigenvalue weighted by molar-refractivity contribution is -0.136. The number of benzene rings is 1. The highest BCUT2D eigenvalue weighted by Crippen LogP contribution is 2.40. The van der Waals surface area contributed by atoms with Crippen molar-refractivity contribution in [3.05, 3.63) is 82.2 Å². The van der Waals surface area contributed by atoms with E-state index in [1.54, 1.807) is 42.4 Å². The minimum absolute atomic E-state index is 0.120. The van der Waals surface area contributed by atoms with Gasteiger partial charge in [0.05, 0.1) is 29.8 Å². The fourth-order valence-electron chi connectivity index (χ4n) is 9.96. The Morgan fingerprint density at radius 2 is 1.62 bits per heavy atom. The van der Waals surface area contributed by atoms with Crippen molar-refractivity contribution < 1.29 is 28.3 Å². The zero-order valence-electron chi connectivity index (χ0n) is 37.2. The number of amides is 3. The third-order valence-electron chi connectivity index (χ3n) is 13.2. The van der Waals surface area contributed by atoms with Crippen LogP contribution < -0.4 is 31.3 Å². The van der Waals surface area contributed by atoms with E-state index < -0.39 is 36.2 Å². The van der Waals surface area contributed by atoms with Gasteiger partial charge < -0.3 is 19.5 Å². The summed E-state index contributed by atoms with van der Waals surface area (Å²) in [7, 11) is 0. The van der Waals surface area contributed by atoms with E-state index in [9.17, 15) is 19.5 Å². The lowest BCUT2D eigenvalue weighted by Gasteiger charge is -2.43. The van der Waals surface area contributed by atoms with E-state index in [0.717, 1.165) is 58.9 Å². The molecule has 64 heavy (non-hydrogen) atoms. The zero-order chi connectivity index (χ0) is 45.4. The van der Waals surface area contributed by atoms with Gasteiger partial charge in [-0.05, 0) is 69.4 Å². The van der Waals surface area contributed by atoms with Gasteiger partial charge in [0, 0.05) is 96.9 Å². The number of carbonyl (C=O) groups excluding carboxylic acids is 3. The van der Waals surface area contributed by atoms with Gasteiger partial charge in [-0.1, -0.05) is 52.3 Å². The van der Waals surface area contributed by atoms with Crippen LogP contribution in [-0.4, -0.2) is 110 Å². The normalized spacial score (nSPS) is 22.5. The molecule has 9 rings (SSSR count). The quantitative estimate of drug-likeness (QED) is 0.229. The molecule has 0 bridgehead atoms. The van der Waals surface area contributed by atoms with Crippen LogP contribution in [0.25, 0.3) is 29.4 Å². The van der Waals surface area contributed by atoms with Crippen molar-refractivity contribution in [1.82, 2.24) is 34.6 Å². The van der Waals surface area contributed by atoms with Crippen molar-refractivity contribution in [3.8, 4) is 11.4 Å². The molecule has 1 aromatic heterocycles. The van der Waals surface area contributed by atoms with E-state index in [1.165, 1.54) is 11.3 Å². The molecular weight excluding hydrogens is 819 g/mol. The van der Waals surface area contributed by atoms with Crippen LogP contribution >= 0.6 is 0 Å². The third-order valence-corrected chi connectivity index (χ3v) is 13.2. The molecule has 3 saturated heterocycles. The summed E-state index contributed by atoms with van der Waals surface area (Å²) < 4.78 is 33.9. The van der Waals surface area contributed by atoms with E-state index in [2.05, 4.69) is 61.6 Å². The smallest absolute Gasteiger partial charge is 0.269 e. The molecule has 1 aromatic carbocycles. The monoisotopic (exact) mass is 876 g/mol. The second kappa shape index (κ2) is 18.2. The molecule has 7 aliphatic rings. The van der Waals surface area contributed by atoms with E-state index >= 15 is 8.78 Å². The Morgan fingerprint density at radius 3 is 2.28 bits per heavy atom. The molecule has 2 N–H and O–H groups in total. The van der Waals surface area contributed by atoms with E-state index in [4.69, 9.17) is 4.98 Å². The van der Waals surface area contributed by atoms with Crippen LogP contribution in [0.5, 0.6) is 0 Å². The number of hydrogen-bond donors (Lipinski definition) is 2. The number of nitrogens with one attached hydrogen (secondary N) is 1. The molecule has 2 aromatic rings. The number of aliphatic hydroxyl groups is 1. The number of aromatic nitrogens is 4. The number of aliphatic hydroxyl groups excluding tert-OH is 1. The fraction of sp³-hybridized carbons (Fsp3) is 0.479. The first-order valence-corrected chi connectivity index (χ1v) is 22.6. The Kier molecular flexibility index (Phi) is 12.7. The van der Waals surface area contributed by atoms with Crippen LogP contribution in [0.3, 0.4) is 0 Å². The van der Waals surface area contributed by atoms with E-state index in [1.807, 2.05) is 19.1 Å². The highest BCUT2D eigenvalue weighted by atomic mass is 19.3. The molecule has 4 fully saturated rings. The number of anilines is 2. The Morgan fingerprint density at radius 1 is 0.906 bits per heavy atom. The van der Waals surface area contributed by atoms with Crippen molar-refractivity contribution in [2.24, 2.45) is 10.9 Å². The predicted octanol–water partition coefficient (Wildman–Crippen LogP) is 5.46. The first-order chi connectivity index (χ1) is 30.7. The van der Waals surface area contributed by atoms with Crippen molar-refractivity contribution >= 4 is 52.9 Å². The molecule has 0 radical (unpaired) electrons. The highest BCUT2D eigenvalue weighted by Gasteiger charge is 2.46.